The topological polar surface area (TPSA) is 194 Å². The molecule has 4 heterocycles. The molecule has 0 aromatic carbocycles. The van der Waals surface area contributed by atoms with Crippen LogP contribution in [0.25, 0.3) is 0 Å². The molecule has 2 fully saturated rings. The van der Waals surface area contributed by atoms with Crippen molar-refractivity contribution in [2.75, 3.05) is 31.2 Å². The zero-order chi connectivity index (χ0) is 33.3. The molecule has 4 N–H and O–H groups in total. The van der Waals surface area contributed by atoms with Crippen LogP contribution < -0.4 is 11.1 Å². The lowest BCUT2D eigenvalue weighted by molar-refractivity contribution is -0.160. The van der Waals surface area contributed by atoms with Crippen molar-refractivity contribution in [1.82, 2.24) is 20.1 Å². The number of esters is 1. The fourth-order valence-corrected chi connectivity index (χ4v) is 6.52. The van der Waals surface area contributed by atoms with Crippen LogP contribution in [-0.2, 0) is 33.5 Å². The van der Waals surface area contributed by atoms with Crippen LogP contribution in [-0.4, -0.2) is 104 Å². The number of alkyl halides is 3. The first-order valence-corrected chi connectivity index (χ1v) is 15.3. The van der Waals surface area contributed by atoms with E-state index in [2.05, 4.69) is 15.5 Å². The number of nitrogens with zero attached hydrogens (tertiary/aromatic N) is 4. The van der Waals surface area contributed by atoms with Gasteiger partial charge in [0.05, 0.1) is 0 Å². The molecule has 14 nitrogen and oxygen atoms in total. The molecule has 0 bridgehead atoms. The molecule has 0 radical (unpaired) electrons. The number of ether oxygens (including phenoxy) is 1. The average Bonchev–Trinajstić information content (AvgIpc) is 3.35. The number of aliphatic carboxylic acids is 1. The van der Waals surface area contributed by atoms with Crippen molar-refractivity contribution in [3.8, 4) is 0 Å². The molecule has 19 heteroatoms. The molecule has 1 aromatic heterocycles. The van der Waals surface area contributed by atoms with Gasteiger partial charge >= 0.3 is 18.1 Å². The highest BCUT2D eigenvalue weighted by atomic mass is 32.2. The largest absolute Gasteiger partial charge is 0.477 e. The molecular formula is C26H29F3N6O8S2. The lowest BCUT2D eigenvalue weighted by Gasteiger charge is -2.49. The number of oxime groups is 1. The third-order valence-corrected chi connectivity index (χ3v) is 8.36. The van der Waals surface area contributed by atoms with E-state index in [1.54, 1.807) is 20.8 Å². The van der Waals surface area contributed by atoms with Gasteiger partial charge in [-0.2, -0.15) is 13.2 Å². The number of amides is 3. The number of carboxylic acid groups (broad SMARTS) is 1. The Morgan fingerprint density at radius 2 is 1.98 bits per heavy atom. The minimum absolute atomic E-state index is 0.00383. The summed E-state index contributed by atoms with van der Waals surface area (Å²) in [5.41, 5.74) is 4.12. The monoisotopic (exact) mass is 674 g/mol. The average molecular weight is 675 g/mol. The number of fused-ring (bicyclic) bond motifs is 1. The third-order valence-electron chi connectivity index (χ3n) is 6.38. The van der Waals surface area contributed by atoms with Crippen molar-refractivity contribution in [3.63, 3.8) is 0 Å². The number of nitrogen functional groups attached to an aromatic ring is 1. The fraction of sp³-hybridized carbons (Fsp3) is 0.500. The van der Waals surface area contributed by atoms with E-state index >= 15 is 0 Å². The van der Waals surface area contributed by atoms with Gasteiger partial charge in [-0.25, -0.2) is 14.6 Å². The Morgan fingerprint density at radius 1 is 1.27 bits per heavy atom. The minimum atomic E-state index is -4.60. The Hall–Kier alpha value is -4.13. The Kier molecular flexibility index (Phi) is 9.81. The van der Waals surface area contributed by atoms with E-state index in [0.717, 1.165) is 28.0 Å². The summed E-state index contributed by atoms with van der Waals surface area (Å²) >= 11 is 2.08. The summed E-state index contributed by atoms with van der Waals surface area (Å²) < 4.78 is 43.9. The van der Waals surface area contributed by atoms with Crippen molar-refractivity contribution in [2.45, 2.75) is 56.8 Å². The first-order valence-electron chi connectivity index (χ1n) is 13.4. The number of aromatic nitrogens is 1. The van der Waals surface area contributed by atoms with Crippen LogP contribution in [0.1, 0.15) is 39.3 Å². The Balaban J connectivity index is 1.51. The van der Waals surface area contributed by atoms with Crippen molar-refractivity contribution in [1.29, 1.82) is 0 Å². The van der Waals surface area contributed by atoms with E-state index in [4.69, 9.17) is 15.3 Å². The van der Waals surface area contributed by atoms with Crippen LogP contribution in [0.5, 0.6) is 0 Å². The number of thiazole rings is 1. The lowest BCUT2D eigenvalue weighted by Crippen LogP contribution is -2.71. The summed E-state index contributed by atoms with van der Waals surface area (Å²) in [7, 11) is 0. The molecule has 0 saturated carbocycles. The number of piperidine rings is 1. The number of rotatable bonds is 9. The number of likely N-dealkylation sites (tertiary alicyclic amines) is 1. The number of carbonyl (C=O) groups is 5. The third kappa shape index (κ3) is 8.13. The maximum Gasteiger partial charge on any atom is 0.406 e. The Bertz CT molecular complexity index is 1500. The van der Waals surface area contributed by atoms with E-state index in [1.165, 1.54) is 11.5 Å². The molecule has 0 aliphatic carbocycles. The lowest BCUT2D eigenvalue weighted by atomic mass is 9.98. The second kappa shape index (κ2) is 13.1. The zero-order valence-electron chi connectivity index (χ0n) is 24.2. The normalized spacial score (nSPS) is 21.8. The molecular weight excluding hydrogens is 645 g/mol. The molecule has 45 heavy (non-hydrogen) atoms. The molecule has 4 rings (SSSR count). The number of hydrogen-bond donors (Lipinski definition) is 3. The molecule has 2 saturated heterocycles. The van der Waals surface area contributed by atoms with Gasteiger partial charge in [0.15, 0.2) is 10.8 Å². The van der Waals surface area contributed by atoms with Gasteiger partial charge in [0.2, 0.25) is 12.5 Å². The van der Waals surface area contributed by atoms with Gasteiger partial charge in [0.1, 0.15) is 35.0 Å². The second-order valence-corrected chi connectivity index (χ2v) is 13.0. The molecule has 3 amide bonds. The summed E-state index contributed by atoms with van der Waals surface area (Å²) in [6.45, 7) is 2.80. The predicted molar refractivity (Wildman–Crippen MR) is 154 cm³/mol. The van der Waals surface area contributed by atoms with Crippen molar-refractivity contribution < 1.29 is 51.8 Å². The molecule has 3 aliphatic rings. The summed E-state index contributed by atoms with van der Waals surface area (Å²) in [6, 6.07) is -1.20. The fourth-order valence-electron chi connectivity index (χ4n) is 4.67. The predicted octanol–water partition coefficient (Wildman–Crippen LogP) is 1.64. The summed E-state index contributed by atoms with van der Waals surface area (Å²) in [6.07, 6.45) is -2.96. The smallest absolute Gasteiger partial charge is 0.406 e. The van der Waals surface area contributed by atoms with Crippen LogP contribution in [0.2, 0.25) is 0 Å². The molecule has 3 aliphatic heterocycles. The molecule has 244 valence electrons. The molecule has 2 atom stereocenters. The van der Waals surface area contributed by atoms with Gasteiger partial charge in [-0.05, 0) is 45.3 Å². The highest BCUT2D eigenvalue weighted by Crippen LogP contribution is 2.41. The van der Waals surface area contributed by atoms with Crippen molar-refractivity contribution in [3.05, 3.63) is 34.0 Å². The SMILES string of the molecule is CC(C)(C)OC(=O)CO/N=C(\C(=O)N[C@@H]1C(=O)N2C(C(=O)O)=C(/C=C3\CCCN(CC(F)(F)F)C3=O)CS[C@H]12)c1csc(N)n1. The number of nitrogens with two attached hydrogens (primary N) is 1. The van der Waals surface area contributed by atoms with Crippen molar-refractivity contribution in [2.24, 2.45) is 5.16 Å². The first-order chi connectivity index (χ1) is 20.9. The summed E-state index contributed by atoms with van der Waals surface area (Å²) in [5, 5.41) is 16.8. The van der Waals surface area contributed by atoms with E-state index in [9.17, 15) is 42.3 Å². The van der Waals surface area contributed by atoms with Gasteiger partial charge in [-0.3, -0.25) is 19.3 Å². The quantitative estimate of drug-likeness (QED) is 0.113. The number of carboxylic acids is 1. The Labute approximate surface area is 262 Å². The van der Waals surface area contributed by atoms with E-state index in [-0.39, 0.29) is 47.1 Å². The minimum Gasteiger partial charge on any atom is -0.477 e. The maximum atomic E-state index is 13.2. The first kappa shape index (κ1) is 33.8. The van der Waals surface area contributed by atoms with Crippen molar-refractivity contribution >= 4 is 63.6 Å². The summed E-state index contributed by atoms with van der Waals surface area (Å²) in [4.78, 5) is 74.0. The number of allylic oxidation sites excluding steroid dienone is 1. The highest BCUT2D eigenvalue weighted by molar-refractivity contribution is 8.00. The number of halogens is 3. The number of β-lactam (4-membered cyclic amide) rings is 1. The van der Waals surface area contributed by atoms with Crippen LogP contribution in [0.3, 0.4) is 0 Å². The zero-order valence-corrected chi connectivity index (χ0v) is 25.8. The van der Waals surface area contributed by atoms with Crippen LogP contribution >= 0.6 is 23.1 Å². The van der Waals surface area contributed by atoms with Crippen LogP contribution in [0, 0.1) is 0 Å². The second-order valence-electron chi connectivity index (χ2n) is 11.0. The summed E-state index contributed by atoms with van der Waals surface area (Å²) in [5.74, 6) is -4.82. The van der Waals surface area contributed by atoms with Gasteiger partial charge in [-0.15, -0.1) is 23.1 Å². The highest BCUT2D eigenvalue weighted by Gasteiger charge is 2.54. The molecule has 1 aromatic rings. The van der Waals surface area contributed by atoms with Gasteiger partial charge in [-0.1, -0.05) is 5.16 Å². The Morgan fingerprint density at radius 3 is 2.58 bits per heavy atom. The standard InChI is InChI=1S/C26H29F3N6O8S2/c1-25(2,3)43-15(36)8-42-33-16(14-10-45-24(30)31-14)19(37)32-17-21(39)35-18(23(40)41)13(9-44-22(17)35)7-12-5-4-6-34(20(12)38)11-26(27,28)29/h7,10,17,22H,4-6,8-9,11H2,1-3H3,(H2,30,31)(H,32,37)(H,40,41)/b12-7+,33-16-/t17-,22-/m1/s1. The van der Waals surface area contributed by atoms with Gasteiger partial charge in [0, 0.05) is 23.3 Å². The number of nitrogens with one attached hydrogen (secondary N) is 1. The maximum absolute atomic E-state index is 13.2. The van der Waals surface area contributed by atoms with Crippen LogP contribution in [0.15, 0.2) is 33.5 Å². The van der Waals surface area contributed by atoms with E-state index in [1.807, 2.05) is 0 Å². The number of hydrogen-bond acceptors (Lipinski definition) is 12. The number of anilines is 1. The van der Waals surface area contributed by atoms with Gasteiger partial charge in [0.25, 0.3) is 11.8 Å². The van der Waals surface area contributed by atoms with E-state index in [0.29, 0.717) is 4.90 Å². The van der Waals surface area contributed by atoms with E-state index < -0.39 is 77.4 Å². The van der Waals surface area contributed by atoms with Crippen LogP contribution in [0.4, 0.5) is 18.3 Å². The number of carbonyl (C=O) groups excluding carboxylic acids is 4. The van der Waals surface area contributed by atoms with Gasteiger partial charge < -0.3 is 30.6 Å². The molecule has 0 unspecified atom stereocenters. The number of thioether (sulfide) groups is 1. The molecule has 0 spiro atoms.